The standard InChI is InChI=1S/C15H11ClN2O4/c1-2-21-15-8-10(6-7-13(15)18(19)20)22-14-5-3-4-12(16)11(14)9-17/h3-8H,2H2,1H3. The Morgan fingerprint density at radius 1 is 1.32 bits per heavy atom. The van der Waals surface area contributed by atoms with Crippen LogP contribution in [-0.4, -0.2) is 11.5 Å². The number of benzene rings is 2. The van der Waals surface area contributed by atoms with E-state index in [2.05, 4.69) is 0 Å². The zero-order valence-electron chi connectivity index (χ0n) is 11.6. The second-order valence-electron chi connectivity index (χ2n) is 4.15. The summed E-state index contributed by atoms with van der Waals surface area (Å²) in [4.78, 5) is 10.4. The van der Waals surface area contributed by atoms with Crippen LogP contribution in [0.25, 0.3) is 0 Å². The average Bonchev–Trinajstić information content (AvgIpc) is 2.48. The van der Waals surface area contributed by atoms with Gasteiger partial charge >= 0.3 is 5.69 Å². The van der Waals surface area contributed by atoms with Gasteiger partial charge in [0.1, 0.15) is 23.1 Å². The Morgan fingerprint density at radius 2 is 2.09 bits per heavy atom. The van der Waals surface area contributed by atoms with Crippen LogP contribution in [0.1, 0.15) is 12.5 Å². The number of rotatable bonds is 5. The third-order valence-corrected chi connectivity index (χ3v) is 3.06. The molecule has 2 aromatic carbocycles. The van der Waals surface area contributed by atoms with Crippen molar-refractivity contribution in [1.29, 1.82) is 5.26 Å². The van der Waals surface area contributed by atoms with Gasteiger partial charge in [0.15, 0.2) is 0 Å². The van der Waals surface area contributed by atoms with Gasteiger partial charge < -0.3 is 9.47 Å². The van der Waals surface area contributed by atoms with E-state index in [-0.39, 0.29) is 34.4 Å². The van der Waals surface area contributed by atoms with Crippen molar-refractivity contribution in [2.75, 3.05) is 6.61 Å². The normalized spacial score (nSPS) is 9.86. The highest BCUT2D eigenvalue weighted by Gasteiger charge is 2.17. The van der Waals surface area contributed by atoms with E-state index in [0.717, 1.165) is 0 Å². The highest BCUT2D eigenvalue weighted by Crippen LogP contribution is 2.35. The van der Waals surface area contributed by atoms with Gasteiger partial charge in [-0.3, -0.25) is 10.1 Å². The maximum atomic E-state index is 10.9. The lowest BCUT2D eigenvalue weighted by molar-refractivity contribution is -0.385. The summed E-state index contributed by atoms with van der Waals surface area (Å²) in [5.41, 5.74) is 0.0429. The molecule has 0 heterocycles. The topological polar surface area (TPSA) is 85.4 Å². The Balaban J connectivity index is 2.39. The summed E-state index contributed by atoms with van der Waals surface area (Å²) in [5, 5.41) is 20.3. The molecule has 2 aromatic rings. The lowest BCUT2D eigenvalue weighted by atomic mass is 10.2. The van der Waals surface area contributed by atoms with E-state index < -0.39 is 4.92 Å². The molecule has 0 aliphatic heterocycles. The number of nitro benzene ring substituents is 1. The van der Waals surface area contributed by atoms with Crippen molar-refractivity contribution >= 4 is 17.3 Å². The molecule has 0 saturated heterocycles. The Labute approximate surface area is 131 Å². The molecule has 0 bridgehead atoms. The lowest BCUT2D eigenvalue weighted by Gasteiger charge is -2.10. The fraction of sp³-hybridized carbons (Fsp3) is 0.133. The van der Waals surface area contributed by atoms with Gasteiger partial charge in [-0.1, -0.05) is 17.7 Å². The average molecular weight is 319 g/mol. The van der Waals surface area contributed by atoms with E-state index in [1.807, 2.05) is 6.07 Å². The summed E-state index contributed by atoms with van der Waals surface area (Å²) in [7, 11) is 0. The third kappa shape index (κ3) is 3.27. The van der Waals surface area contributed by atoms with Crippen LogP contribution in [0.3, 0.4) is 0 Å². The molecule has 6 nitrogen and oxygen atoms in total. The molecule has 0 saturated carbocycles. The molecule has 0 amide bonds. The first-order chi connectivity index (χ1) is 10.6. The Bertz CT molecular complexity index is 756. The predicted molar refractivity (Wildman–Crippen MR) is 80.5 cm³/mol. The predicted octanol–water partition coefficient (Wildman–Crippen LogP) is 4.31. The molecule has 0 unspecified atom stereocenters. The van der Waals surface area contributed by atoms with Crippen LogP contribution >= 0.6 is 11.6 Å². The van der Waals surface area contributed by atoms with Crippen molar-refractivity contribution in [3.63, 3.8) is 0 Å². The van der Waals surface area contributed by atoms with Crippen molar-refractivity contribution in [3.8, 4) is 23.3 Å². The van der Waals surface area contributed by atoms with E-state index in [0.29, 0.717) is 5.75 Å². The summed E-state index contributed by atoms with van der Waals surface area (Å²) in [6.45, 7) is 2.01. The Kier molecular flexibility index (Phi) is 4.81. The fourth-order valence-electron chi connectivity index (χ4n) is 1.80. The molecule has 0 fully saturated rings. The van der Waals surface area contributed by atoms with Crippen LogP contribution in [0.5, 0.6) is 17.2 Å². The van der Waals surface area contributed by atoms with Gasteiger partial charge in [0.25, 0.3) is 0 Å². The van der Waals surface area contributed by atoms with E-state index in [9.17, 15) is 10.1 Å². The van der Waals surface area contributed by atoms with Crippen LogP contribution in [0.15, 0.2) is 36.4 Å². The maximum absolute atomic E-state index is 10.9. The van der Waals surface area contributed by atoms with Crippen LogP contribution < -0.4 is 9.47 Å². The van der Waals surface area contributed by atoms with Crippen molar-refractivity contribution in [2.24, 2.45) is 0 Å². The minimum Gasteiger partial charge on any atom is -0.487 e. The number of nitriles is 1. The second-order valence-corrected chi connectivity index (χ2v) is 4.55. The van der Waals surface area contributed by atoms with Crippen LogP contribution in [0.2, 0.25) is 5.02 Å². The summed E-state index contributed by atoms with van der Waals surface area (Å²) in [6.07, 6.45) is 0. The van der Waals surface area contributed by atoms with Gasteiger partial charge in [-0.15, -0.1) is 0 Å². The van der Waals surface area contributed by atoms with Crippen molar-refractivity contribution in [2.45, 2.75) is 6.92 Å². The summed E-state index contributed by atoms with van der Waals surface area (Å²) in [6, 6.07) is 10.9. The molecule has 2 rings (SSSR count). The van der Waals surface area contributed by atoms with E-state index in [1.54, 1.807) is 25.1 Å². The molecule has 7 heteroatoms. The number of halogens is 1. The molecule has 22 heavy (non-hydrogen) atoms. The van der Waals surface area contributed by atoms with Gasteiger partial charge in [-0.2, -0.15) is 5.26 Å². The largest absolute Gasteiger partial charge is 0.487 e. The van der Waals surface area contributed by atoms with Gasteiger partial charge in [0, 0.05) is 12.1 Å². The Morgan fingerprint density at radius 3 is 2.73 bits per heavy atom. The monoisotopic (exact) mass is 318 g/mol. The number of nitrogens with zero attached hydrogens (tertiary/aromatic N) is 2. The molecular weight excluding hydrogens is 308 g/mol. The summed E-state index contributed by atoms with van der Waals surface area (Å²) >= 11 is 5.93. The van der Waals surface area contributed by atoms with Crippen molar-refractivity contribution < 1.29 is 14.4 Å². The number of hydrogen-bond donors (Lipinski definition) is 0. The number of ether oxygens (including phenoxy) is 2. The summed E-state index contributed by atoms with van der Waals surface area (Å²) < 4.78 is 10.8. The molecule has 0 atom stereocenters. The van der Waals surface area contributed by atoms with Crippen LogP contribution in [0, 0.1) is 21.4 Å². The summed E-state index contributed by atoms with van der Waals surface area (Å²) in [5.74, 6) is 0.685. The smallest absolute Gasteiger partial charge is 0.311 e. The quantitative estimate of drug-likeness (QED) is 0.605. The first kappa shape index (κ1) is 15.6. The molecule has 112 valence electrons. The first-order valence-electron chi connectivity index (χ1n) is 6.34. The van der Waals surface area contributed by atoms with Crippen LogP contribution in [0.4, 0.5) is 5.69 Å². The molecule has 0 N–H and O–H groups in total. The number of nitro groups is 1. The highest BCUT2D eigenvalue weighted by atomic mass is 35.5. The zero-order valence-corrected chi connectivity index (χ0v) is 12.3. The molecule has 0 aromatic heterocycles. The molecule has 0 spiro atoms. The molecule has 0 aliphatic rings. The lowest BCUT2D eigenvalue weighted by Crippen LogP contribution is -1.98. The third-order valence-electron chi connectivity index (χ3n) is 2.74. The fourth-order valence-corrected chi connectivity index (χ4v) is 2.01. The highest BCUT2D eigenvalue weighted by molar-refractivity contribution is 6.31. The minimum atomic E-state index is -0.533. The second kappa shape index (κ2) is 6.78. The van der Waals surface area contributed by atoms with Gasteiger partial charge in [0.2, 0.25) is 5.75 Å². The minimum absolute atomic E-state index is 0.102. The number of hydrogen-bond acceptors (Lipinski definition) is 5. The van der Waals surface area contributed by atoms with E-state index in [1.165, 1.54) is 18.2 Å². The van der Waals surface area contributed by atoms with Crippen LogP contribution in [-0.2, 0) is 0 Å². The van der Waals surface area contributed by atoms with Crippen molar-refractivity contribution in [3.05, 3.63) is 57.1 Å². The first-order valence-corrected chi connectivity index (χ1v) is 6.72. The van der Waals surface area contributed by atoms with E-state index in [4.69, 9.17) is 26.3 Å². The zero-order chi connectivity index (χ0) is 16.1. The Hall–Kier alpha value is -2.78. The van der Waals surface area contributed by atoms with Gasteiger partial charge in [0.05, 0.1) is 16.6 Å². The van der Waals surface area contributed by atoms with Crippen molar-refractivity contribution in [1.82, 2.24) is 0 Å². The molecule has 0 aliphatic carbocycles. The van der Waals surface area contributed by atoms with Gasteiger partial charge in [-0.25, -0.2) is 0 Å². The molecule has 0 radical (unpaired) electrons. The van der Waals surface area contributed by atoms with E-state index >= 15 is 0 Å². The van der Waals surface area contributed by atoms with Gasteiger partial charge in [-0.05, 0) is 25.1 Å². The maximum Gasteiger partial charge on any atom is 0.311 e. The molecular formula is C15H11ClN2O4. The SMILES string of the molecule is CCOc1cc(Oc2cccc(Cl)c2C#N)ccc1[N+](=O)[O-].